The molecule has 5 rings (SSSR count). The van der Waals surface area contributed by atoms with Gasteiger partial charge in [-0.2, -0.15) is 18.3 Å². The molecule has 13 heteroatoms. The van der Waals surface area contributed by atoms with Crippen LogP contribution in [0.15, 0.2) is 97.2 Å². The molecule has 2 heterocycles. The van der Waals surface area contributed by atoms with Crippen molar-refractivity contribution in [3.05, 3.63) is 148 Å². The molecular weight excluding hydrogens is 623 g/mol. The van der Waals surface area contributed by atoms with E-state index in [0.29, 0.717) is 11.6 Å². The third-order valence-electron chi connectivity index (χ3n) is 7.01. The maximum Gasteiger partial charge on any atom is 0.416 e. The highest BCUT2D eigenvalue weighted by Gasteiger charge is 2.33. The first-order chi connectivity index (χ1) is 21.9. The van der Waals surface area contributed by atoms with Crippen molar-refractivity contribution in [3.8, 4) is 5.82 Å². The number of alkyl halides is 3. The summed E-state index contributed by atoms with van der Waals surface area (Å²) in [6.07, 6.45) is -3.78. The van der Waals surface area contributed by atoms with E-state index >= 15 is 0 Å². The molecule has 0 radical (unpaired) electrons. The van der Waals surface area contributed by atoms with Crippen LogP contribution in [0.4, 0.5) is 17.6 Å². The Balaban J connectivity index is 1.50. The second-order valence-corrected chi connectivity index (χ2v) is 12.6. The molecule has 2 N–H and O–H groups in total. The zero-order chi connectivity index (χ0) is 32.9. The second kappa shape index (κ2) is 13.8. The van der Waals surface area contributed by atoms with Crippen LogP contribution >= 0.6 is 7.60 Å². The third-order valence-corrected chi connectivity index (χ3v) is 8.74. The molecule has 0 saturated heterocycles. The Morgan fingerprint density at radius 3 is 2.04 bits per heavy atom. The summed E-state index contributed by atoms with van der Waals surface area (Å²) >= 11 is 0. The number of pyridine rings is 1. The van der Waals surface area contributed by atoms with Gasteiger partial charge in [-0.25, -0.2) is 14.1 Å². The maximum atomic E-state index is 14.4. The number of primary amides is 1. The van der Waals surface area contributed by atoms with E-state index in [-0.39, 0.29) is 48.0 Å². The van der Waals surface area contributed by atoms with Crippen LogP contribution in [0.2, 0.25) is 0 Å². The topological polar surface area (TPSA) is 109 Å². The lowest BCUT2D eigenvalue weighted by molar-refractivity contribution is -0.137. The van der Waals surface area contributed by atoms with Crippen molar-refractivity contribution in [3.63, 3.8) is 0 Å². The van der Waals surface area contributed by atoms with Gasteiger partial charge in [0.15, 0.2) is 5.82 Å². The van der Waals surface area contributed by atoms with E-state index in [1.54, 1.807) is 37.3 Å². The van der Waals surface area contributed by atoms with Crippen molar-refractivity contribution >= 4 is 13.5 Å². The number of aryl methyl sites for hydroxylation is 1. The Kier molecular flexibility index (Phi) is 9.81. The molecule has 0 atom stereocenters. The van der Waals surface area contributed by atoms with Crippen LogP contribution in [-0.4, -0.2) is 20.7 Å². The van der Waals surface area contributed by atoms with Crippen LogP contribution < -0.4 is 5.73 Å². The quantitative estimate of drug-likeness (QED) is 0.110. The molecule has 8 nitrogen and oxygen atoms in total. The molecule has 238 valence electrons. The lowest BCUT2D eigenvalue weighted by Crippen LogP contribution is -2.16. The van der Waals surface area contributed by atoms with Crippen molar-refractivity contribution in [2.45, 2.75) is 38.9 Å². The van der Waals surface area contributed by atoms with Gasteiger partial charge in [-0.15, -0.1) is 0 Å². The van der Waals surface area contributed by atoms with Crippen LogP contribution in [0, 0.1) is 12.7 Å². The highest BCUT2D eigenvalue weighted by molar-refractivity contribution is 7.52. The van der Waals surface area contributed by atoms with E-state index in [4.69, 9.17) is 14.8 Å². The summed E-state index contributed by atoms with van der Waals surface area (Å²) in [5, 5.41) is 4.44. The van der Waals surface area contributed by atoms with Crippen molar-refractivity contribution in [2.24, 2.45) is 5.73 Å². The monoisotopic (exact) mass is 652 g/mol. The van der Waals surface area contributed by atoms with Crippen LogP contribution in [0.3, 0.4) is 0 Å². The minimum Gasteiger partial charge on any atom is -0.365 e. The predicted octanol–water partition coefficient (Wildman–Crippen LogP) is 7.55. The first-order valence-electron chi connectivity index (χ1n) is 14.1. The molecule has 3 aromatic carbocycles. The zero-order valence-corrected chi connectivity index (χ0v) is 25.5. The molecule has 0 unspecified atom stereocenters. The van der Waals surface area contributed by atoms with Gasteiger partial charge in [0.05, 0.1) is 41.9 Å². The van der Waals surface area contributed by atoms with E-state index in [2.05, 4.69) is 10.1 Å². The van der Waals surface area contributed by atoms with Crippen LogP contribution in [0.25, 0.3) is 5.82 Å². The van der Waals surface area contributed by atoms with Gasteiger partial charge in [0.25, 0.3) is 5.91 Å². The van der Waals surface area contributed by atoms with Gasteiger partial charge >= 0.3 is 13.8 Å². The first kappa shape index (κ1) is 32.7. The Labute approximate surface area is 262 Å². The van der Waals surface area contributed by atoms with E-state index in [9.17, 15) is 26.9 Å². The van der Waals surface area contributed by atoms with Crippen LogP contribution in [0.5, 0.6) is 0 Å². The van der Waals surface area contributed by atoms with E-state index in [1.807, 2.05) is 36.4 Å². The number of hydrogen-bond acceptors (Lipinski definition) is 6. The van der Waals surface area contributed by atoms with Crippen molar-refractivity contribution in [2.75, 3.05) is 0 Å². The number of carbonyl (C=O) groups is 1. The number of rotatable bonds is 12. The van der Waals surface area contributed by atoms with Crippen molar-refractivity contribution in [1.29, 1.82) is 0 Å². The number of hydrogen-bond donors (Lipinski definition) is 1. The first-order valence-corrected chi connectivity index (χ1v) is 15.8. The minimum absolute atomic E-state index is 0.000926. The SMILES string of the molecule is Cc1nn(-c2cc(Cc3cc(F)cc(C(F)(F)F)c3)ccn2)c(CP(=O)(OCc2ccccc2)OCc2ccccc2)c1C(N)=O. The molecule has 0 aliphatic carbocycles. The molecular formula is C33H29F4N4O4P. The van der Waals surface area contributed by atoms with Gasteiger partial charge in [0, 0.05) is 6.20 Å². The Hall–Kier alpha value is -4.64. The standard InChI is InChI=1S/C33H29F4N4O4P/c1-22-31(32(38)42)29(21-46(43,44-19-23-8-4-2-5-9-23)45-20-24-10-6-3-7-11-24)41(40-22)30-17-25(12-13-39-30)14-26-15-27(33(35,36)37)18-28(34)16-26/h2-13,15-18H,14,19-21H2,1H3,(H2,38,42). The predicted molar refractivity (Wildman–Crippen MR) is 163 cm³/mol. The second-order valence-electron chi connectivity index (χ2n) is 10.5. The largest absolute Gasteiger partial charge is 0.416 e. The van der Waals surface area contributed by atoms with Gasteiger partial charge in [0.2, 0.25) is 0 Å². The maximum absolute atomic E-state index is 14.4. The number of halogens is 4. The van der Waals surface area contributed by atoms with E-state index in [0.717, 1.165) is 23.3 Å². The summed E-state index contributed by atoms with van der Waals surface area (Å²) in [5.41, 5.74) is 7.03. The van der Waals surface area contributed by atoms with Crippen LogP contribution in [0.1, 0.15) is 49.6 Å². The van der Waals surface area contributed by atoms with Gasteiger partial charge in [-0.1, -0.05) is 60.7 Å². The molecule has 0 aliphatic heterocycles. The van der Waals surface area contributed by atoms with Crippen molar-refractivity contribution < 1.29 is 36.0 Å². The summed E-state index contributed by atoms with van der Waals surface area (Å²) in [7, 11) is -4.01. The zero-order valence-electron chi connectivity index (χ0n) is 24.6. The van der Waals surface area contributed by atoms with Gasteiger partial charge in [-0.3, -0.25) is 9.36 Å². The molecule has 0 fully saturated rings. The third kappa shape index (κ3) is 8.14. The van der Waals surface area contributed by atoms with Crippen molar-refractivity contribution in [1.82, 2.24) is 14.8 Å². The van der Waals surface area contributed by atoms with Gasteiger partial charge < -0.3 is 14.8 Å². The highest BCUT2D eigenvalue weighted by Crippen LogP contribution is 2.53. The molecule has 0 bridgehead atoms. The van der Waals surface area contributed by atoms with E-state index < -0.39 is 37.2 Å². The fourth-order valence-electron chi connectivity index (χ4n) is 4.88. The van der Waals surface area contributed by atoms with Gasteiger partial charge in [-0.05, 0) is 65.9 Å². The number of amides is 1. The summed E-state index contributed by atoms with van der Waals surface area (Å²) in [4.78, 5) is 17.0. The minimum atomic E-state index is -4.72. The summed E-state index contributed by atoms with van der Waals surface area (Å²) < 4.78 is 81.4. The lowest BCUT2D eigenvalue weighted by Gasteiger charge is -2.20. The normalized spacial score (nSPS) is 11.9. The highest BCUT2D eigenvalue weighted by atomic mass is 31.2. The molecule has 1 amide bonds. The Morgan fingerprint density at radius 1 is 0.870 bits per heavy atom. The Bertz CT molecular complexity index is 1830. The molecule has 0 saturated carbocycles. The summed E-state index contributed by atoms with van der Waals surface area (Å²) in [5.74, 6) is -1.68. The molecule has 46 heavy (non-hydrogen) atoms. The average molecular weight is 653 g/mol. The number of nitrogens with zero attached hydrogens (tertiary/aromatic N) is 3. The lowest BCUT2D eigenvalue weighted by atomic mass is 10.0. The summed E-state index contributed by atoms with van der Waals surface area (Å²) in [6.45, 7) is 1.45. The van der Waals surface area contributed by atoms with Crippen LogP contribution in [-0.2, 0) is 45.6 Å². The number of carbonyl (C=O) groups excluding carboxylic acids is 1. The molecule has 0 aliphatic rings. The molecule has 5 aromatic rings. The number of benzene rings is 3. The molecule has 0 spiro atoms. The molecule has 2 aromatic heterocycles. The average Bonchev–Trinajstić information content (AvgIpc) is 3.35. The Morgan fingerprint density at radius 2 is 1.48 bits per heavy atom. The fraction of sp³-hybridized carbons (Fsp3) is 0.182. The number of nitrogens with two attached hydrogens (primary N) is 1. The number of aromatic nitrogens is 3. The summed E-state index contributed by atoms with van der Waals surface area (Å²) in [6, 6.07) is 23.5. The smallest absolute Gasteiger partial charge is 0.365 e. The van der Waals surface area contributed by atoms with E-state index in [1.165, 1.54) is 16.9 Å². The van der Waals surface area contributed by atoms with Gasteiger partial charge in [0.1, 0.15) is 5.82 Å². The fourth-order valence-corrected chi connectivity index (χ4v) is 6.48.